The number of ether oxygens (including phenoxy) is 1. The molecule has 0 amide bonds. The molecule has 1 nitrogen and oxygen atoms in total. The molecule has 62 valence electrons. The number of halogens is 1. The zero-order chi connectivity index (χ0) is 7.82. The van der Waals surface area contributed by atoms with Crippen LogP contribution in [0.3, 0.4) is 0 Å². The third-order valence-electron chi connectivity index (χ3n) is 1.29. The molecule has 0 aromatic rings. The summed E-state index contributed by atoms with van der Waals surface area (Å²) >= 11 is 7.29. The van der Waals surface area contributed by atoms with E-state index in [2.05, 4.69) is 13.2 Å². The maximum absolute atomic E-state index is 5.42. The van der Waals surface area contributed by atoms with Crippen molar-refractivity contribution in [1.29, 1.82) is 0 Å². The van der Waals surface area contributed by atoms with Gasteiger partial charge in [-0.25, -0.2) is 0 Å². The van der Waals surface area contributed by atoms with Crippen LogP contribution in [-0.4, -0.2) is 30.6 Å². The predicted octanol–water partition coefficient (Wildman–Crippen LogP) is 2.38. The molecular weight excluding hydrogens is 168 g/mol. The summed E-state index contributed by atoms with van der Waals surface area (Å²) in [7, 11) is 0. The number of rotatable bonds is 6. The zero-order valence-corrected chi connectivity index (χ0v) is 8.17. The first-order valence-corrected chi connectivity index (χ1v) is 5.30. The van der Waals surface area contributed by atoms with Crippen molar-refractivity contribution in [2.45, 2.75) is 18.6 Å². The van der Waals surface area contributed by atoms with Crippen LogP contribution in [0.25, 0.3) is 0 Å². The molecule has 1 unspecified atom stereocenters. The highest BCUT2D eigenvalue weighted by Gasteiger charge is 1.97. The summed E-state index contributed by atoms with van der Waals surface area (Å²) in [6.07, 6.45) is 3.24. The van der Waals surface area contributed by atoms with Gasteiger partial charge in [-0.2, -0.15) is 11.8 Å². The Bertz CT molecular complexity index is 70.6. The van der Waals surface area contributed by atoms with Gasteiger partial charge in [-0.15, -0.1) is 11.6 Å². The summed E-state index contributed by atoms with van der Waals surface area (Å²) in [5.74, 6) is 0.605. The van der Waals surface area contributed by atoms with Gasteiger partial charge in [-0.3, -0.25) is 0 Å². The minimum atomic E-state index is 0.605. The van der Waals surface area contributed by atoms with Gasteiger partial charge in [0, 0.05) is 17.7 Å². The van der Waals surface area contributed by atoms with Crippen LogP contribution >= 0.6 is 23.4 Å². The average Bonchev–Trinajstić information content (AvgIpc) is 1.98. The molecule has 0 saturated carbocycles. The van der Waals surface area contributed by atoms with Crippen LogP contribution in [-0.2, 0) is 4.74 Å². The van der Waals surface area contributed by atoms with Crippen LogP contribution < -0.4 is 0 Å². The summed E-state index contributed by atoms with van der Waals surface area (Å²) in [4.78, 5) is 0. The van der Waals surface area contributed by atoms with E-state index < -0.39 is 0 Å². The van der Waals surface area contributed by atoms with Crippen LogP contribution in [0.2, 0.25) is 0 Å². The van der Waals surface area contributed by atoms with Crippen molar-refractivity contribution in [1.82, 2.24) is 0 Å². The van der Waals surface area contributed by atoms with E-state index in [0.29, 0.717) is 17.7 Å². The van der Waals surface area contributed by atoms with Crippen molar-refractivity contribution in [2.24, 2.45) is 0 Å². The summed E-state index contributed by atoms with van der Waals surface area (Å²) in [5, 5.41) is 0.704. The van der Waals surface area contributed by atoms with E-state index >= 15 is 0 Å². The highest BCUT2D eigenvalue weighted by Crippen LogP contribution is 2.08. The second-order valence-corrected chi connectivity index (χ2v) is 3.79. The number of hydrogen-bond acceptors (Lipinski definition) is 2. The molecule has 0 aromatic heterocycles. The van der Waals surface area contributed by atoms with Gasteiger partial charge in [0.2, 0.25) is 0 Å². The Morgan fingerprint density at radius 2 is 2.20 bits per heavy atom. The monoisotopic (exact) mass is 182 g/mol. The third-order valence-corrected chi connectivity index (χ3v) is 2.49. The van der Waals surface area contributed by atoms with Gasteiger partial charge < -0.3 is 4.74 Å². The lowest BCUT2D eigenvalue weighted by Gasteiger charge is -2.06. The number of thioether (sulfide) groups is 1. The first-order valence-electron chi connectivity index (χ1n) is 3.47. The zero-order valence-electron chi connectivity index (χ0n) is 6.60. The molecule has 0 radical (unpaired) electrons. The van der Waals surface area contributed by atoms with Crippen molar-refractivity contribution in [3.8, 4) is 0 Å². The molecule has 3 heteroatoms. The van der Waals surface area contributed by atoms with Gasteiger partial charge in [0.1, 0.15) is 0 Å². The third kappa shape index (κ3) is 6.72. The fraction of sp³-hybridized carbons (Fsp3) is 1.00. The van der Waals surface area contributed by atoms with Gasteiger partial charge in [0.25, 0.3) is 0 Å². The van der Waals surface area contributed by atoms with Crippen LogP contribution in [0, 0.1) is 0 Å². The SMILES string of the molecule is CSC(C)CCOCCCl. The molecule has 0 aromatic carbocycles. The molecule has 0 aliphatic heterocycles. The summed E-state index contributed by atoms with van der Waals surface area (Å²) in [6.45, 7) is 3.73. The Labute approximate surface area is 72.5 Å². The van der Waals surface area contributed by atoms with Gasteiger partial charge in [-0.05, 0) is 12.7 Å². The second kappa shape index (κ2) is 7.70. The minimum absolute atomic E-state index is 0.605. The van der Waals surface area contributed by atoms with E-state index in [0.717, 1.165) is 13.0 Å². The Hall–Kier alpha value is 0.600. The van der Waals surface area contributed by atoms with E-state index in [1.165, 1.54) is 0 Å². The van der Waals surface area contributed by atoms with E-state index in [9.17, 15) is 0 Å². The molecule has 0 aliphatic rings. The molecular formula is C7H15ClOS. The molecule has 0 N–H and O–H groups in total. The lowest BCUT2D eigenvalue weighted by atomic mass is 10.3. The molecule has 0 spiro atoms. The van der Waals surface area contributed by atoms with Gasteiger partial charge in [0.05, 0.1) is 6.61 Å². The Kier molecular flexibility index (Phi) is 8.17. The largest absolute Gasteiger partial charge is 0.380 e. The van der Waals surface area contributed by atoms with Crippen molar-refractivity contribution in [2.75, 3.05) is 25.3 Å². The smallest absolute Gasteiger partial charge is 0.0601 e. The maximum atomic E-state index is 5.42. The topological polar surface area (TPSA) is 9.23 Å². The predicted molar refractivity (Wildman–Crippen MR) is 49.1 cm³/mol. The summed E-state index contributed by atoms with van der Waals surface area (Å²) in [6, 6.07) is 0. The summed E-state index contributed by atoms with van der Waals surface area (Å²) < 4.78 is 5.21. The molecule has 10 heavy (non-hydrogen) atoms. The first-order chi connectivity index (χ1) is 4.81. The quantitative estimate of drug-likeness (QED) is 0.461. The second-order valence-electron chi connectivity index (χ2n) is 2.14. The standard InChI is InChI=1S/C7H15ClOS/c1-7(10-2)3-5-9-6-4-8/h7H,3-6H2,1-2H3. The van der Waals surface area contributed by atoms with Crippen LogP contribution in [0.15, 0.2) is 0 Å². The van der Waals surface area contributed by atoms with Crippen LogP contribution in [0.4, 0.5) is 0 Å². The average molecular weight is 183 g/mol. The van der Waals surface area contributed by atoms with Crippen molar-refractivity contribution < 1.29 is 4.74 Å². The molecule has 0 saturated heterocycles. The van der Waals surface area contributed by atoms with Gasteiger partial charge in [0.15, 0.2) is 0 Å². The van der Waals surface area contributed by atoms with E-state index in [-0.39, 0.29) is 0 Å². The van der Waals surface area contributed by atoms with Crippen LogP contribution in [0.5, 0.6) is 0 Å². The molecule has 0 rings (SSSR count). The van der Waals surface area contributed by atoms with Crippen molar-refractivity contribution in [3.05, 3.63) is 0 Å². The van der Waals surface area contributed by atoms with E-state index in [4.69, 9.17) is 16.3 Å². The fourth-order valence-electron chi connectivity index (χ4n) is 0.524. The highest BCUT2D eigenvalue weighted by atomic mass is 35.5. The Morgan fingerprint density at radius 1 is 1.50 bits per heavy atom. The van der Waals surface area contributed by atoms with E-state index in [1.807, 2.05) is 11.8 Å². The Balaban J connectivity index is 2.89. The lowest BCUT2D eigenvalue weighted by Crippen LogP contribution is -2.04. The highest BCUT2D eigenvalue weighted by molar-refractivity contribution is 7.99. The molecule has 0 fully saturated rings. The van der Waals surface area contributed by atoms with Gasteiger partial charge >= 0.3 is 0 Å². The summed E-state index contributed by atoms with van der Waals surface area (Å²) in [5.41, 5.74) is 0. The molecule has 1 atom stereocenters. The van der Waals surface area contributed by atoms with Gasteiger partial charge in [-0.1, -0.05) is 6.92 Å². The lowest BCUT2D eigenvalue weighted by molar-refractivity contribution is 0.147. The number of hydrogen-bond donors (Lipinski definition) is 0. The Morgan fingerprint density at radius 3 is 2.70 bits per heavy atom. The molecule has 0 bridgehead atoms. The number of alkyl halides is 1. The van der Waals surface area contributed by atoms with Crippen molar-refractivity contribution in [3.63, 3.8) is 0 Å². The minimum Gasteiger partial charge on any atom is -0.380 e. The molecule has 0 heterocycles. The normalized spacial score (nSPS) is 13.5. The maximum Gasteiger partial charge on any atom is 0.0601 e. The van der Waals surface area contributed by atoms with Crippen molar-refractivity contribution >= 4 is 23.4 Å². The first kappa shape index (κ1) is 10.6. The van der Waals surface area contributed by atoms with Crippen LogP contribution in [0.1, 0.15) is 13.3 Å². The fourth-order valence-corrected chi connectivity index (χ4v) is 0.965. The molecule has 0 aliphatic carbocycles. The van der Waals surface area contributed by atoms with E-state index in [1.54, 1.807) is 0 Å².